The van der Waals surface area contributed by atoms with Gasteiger partial charge in [-0.25, -0.2) is 0 Å². The summed E-state index contributed by atoms with van der Waals surface area (Å²) in [5.74, 6) is 0. The normalized spacial score (nSPS) is 15.8. The quantitative estimate of drug-likeness (QED) is 0.168. The van der Waals surface area contributed by atoms with Gasteiger partial charge in [0.1, 0.15) is 0 Å². The third-order valence-electron chi connectivity index (χ3n) is 12.5. The first kappa shape index (κ1) is 33.4. The average molecular weight is 731 g/mol. The Balaban J connectivity index is 1.01. The van der Waals surface area contributed by atoms with Crippen molar-refractivity contribution in [2.24, 2.45) is 0 Å². The standard InChI is InChI=1S/C55H42N2/c1-55(2)50-21-11-9-18-45(50)46-33-32-43(36-51(46)55)56(41-28-24-38(25-29-41)37-14-5-3-6-15-37)42-30-26-39(27-31-42)44-34-35-49-47-19-10-12-22-52(47)57(40-16-7-4-8-17-40)53-23-13-20-48(44)54(49)53/h3-28,30-36,41H,29H2,1-2H3. The molecule has 0 N–H and O–H groups in total. The number of allylic oxidation sites excluding steroid dienone is 2. The van der Waals surface area contributed by atoms with E-state index in [1.807, 2.05) is 0 Å². The van der Waals surface area contributed by atoms with Crippen LogP contribution in [0.25, 0.3) is 49.7 Å². The lowest BCUT2D eigenvalue weighted by Gasteiger charge is -2.34. The molecule has 0 bridgehead atoms. The average Bonchev–Trinajstić information content (AvgIpc) is 3.50. The van der Waals surface area contributed by atoms with Crippen molar-refractivity contribution in [1.29, 1.82) is 0 Å². The Morgan fingerprint density at radius 1 is 0.509 bits per heavy atom. The number of para-hydroxylation sites is 2. The summed E-state index contributed by atoms with van der Waals surface area (Å²) in [4.78, 5) is 4.96. The largest absolute Gasteiger partial charge is 0.334 e. The first-order valence-electron chi connectivity index (χ1n) is 20.1. The number of nitrogens with zero attached hydrogens (tertiary/aromatic N) is 2. The summed E-state index contributed by atoms with van der Waals surface area (Å²) >= 11 is 0. The summed E-state index contributed by atoms with van der Waals surface area (Å²) in [6.45, 7) is 4.74. The van der Waals surface area contributed by atoms with Crippen LogP contribution in [0.3, 0.4) is 0 Å². The van der Waals surface area contributed by atoms with Crippen molar-refractivity contribution in [3.8, 4) is 33.4 Å². The topological polar surface area (TPSA) is 6.48 Å². The lowest BCUT2D eigenvalue weighted by molar-refractivity contribution is 0.659. The Morgan fingerprint density at radius 3 is 1.95 bits per heavy atom. The van der Waals surface area contributed by atoms with Gasteiger partial charge in [-0.2, -0.15) is 0 Å². The van der Waals surface area contributed by atoms with Gasteiger partial charge in [-0.1, -0.05) is 166 Å². The minimum atomic E-state index is -0.0779. The predicted octanol–water partition coefficient (Wildman–Crippen LogP) is 14.8. The van der Waals surface area contributed by atoms with Crippen molar-refractivity contribution in [3.05, 3.63) is 217 Å². The van der Waals surface area contributed by atoms with Crippen molar-refractivity contribution < 1.29 is 0 Å². The van der Waals surface area contributed by atoms with Crippen LogP contribution in [0.15, 0.2) is 200 Å². The highest BCUT2D eigenvalue weighted by Gasteiger charge is 2.36. The molecule has 0 saturated heterocycles. The van der Waals surface area contributed by atoms with Crippen LogP contribution in [0.2, 0.25) is 0 Å². The monoisotopic (exact) mass is 730 g/mol. The second-order valence-electron chi connectivity index (χ2n) is 16.1. The van der Waals surface area contributed by atoms with E-state index < -0.39 is 0 Å². The molecule has 0 radical (unpaired) electrons. The van der Waals surface area contributed by atoms with Crippen LogP contribution < -0.4 is 9.80 Å². The fourth-order valence-corrected chi connectivity index (χ4v) is 9.75. The third kappa shape index (κ3) is 5.32. The zero-order valence-electron chi connectivity index (χ0n) is 32.2. The van der Waals surface area contributed by atoms with E-state index in [0.29, 0.717) is 0 Å². The second kappa shape index (κ2) is 13.1. The van der Waals surface area contributed by atoms with Crippen molar-refractivity contribution in [2.45, 2.75) is 31.7 Å². The van der Waals surface area contributed by atoms with Gasteiger partial charge in [0.25, 0.3) is 0 Å². The van der Waals surface area contributed by atoms with Crippen LogP contribution in [0, 0.1) is 0 Å². The highest BCUT2D eigenvalue weighted by atomic mass is 15.2. The van der Waals surface area contributed by atoms with E-state index in [9.17, 15) is 0 Å². The van der Waals surface area contributed by atoms with Gasteiger partial charge < -0.3 is 9.80 Å². The lowest BCUT2D eigenvalue weighted by atomic mass is 9.82. The molecule has 1 aliphatic heterocycles. The maximum Gasteiger partial charge on any atom is 0.0560 e. The van der Waals surface area contributed by atoms with E-state index >= 15 is 0 Å². The van der Waals surface area contributed by atoms with Crippen LogP contribution in [0.1, 0.15) is 37.0 Å². The fraction of sp³-hybridized carbons (Fsp3) is 0.0909. The zero-order chi connectivity index (χ0) is 38.1. The number of hydrogen-bond acceptors (Lipinski definition) is 2. The zero-order valence-corrected chi connectivity index (χ0v) is 32.2. The van der Waals surface area contributed by atoms with Gasteiger partial charge in [-0.15, -0.1) is 0 Å². The van der Waals surface area contributed by atoms with Gasteiger partial charge >= 0.3 is 0 Å². The number of benzene rings is 8. The molecule has 1 unspecified atom stereocenters. The van der Waals surface area contributed by atoms with E-state index in [0.717, 1.165) is 6.42 Å². The second-order valence-corrected chi connectivity index (χ2v) is 16.1. The van der Waals surface area contributed by atoms with Crippen LogP contribution >= 0.6 is 0 Å². The summed E-state index contributed by atoms with van der Waals surface area (Å²) in [5.41, 5.74) is 18.9. The smallest absolute Gasteiger partial charge is 0.0560 e. The summed E-state index contributed by atoms with van der Waals surface area (Å²) in [5, 5.41) is 2.55. The number of fused-ring (bicyclic) bond motifs is 5. The molecule has 0 aromatic heterocycles. The van der Waals surface area contributed by atoms with Gasteiger partial charge in [0.2, 0.25) is 0 Å². The maximum absolute atomic E-state index is 2.55. The molecule has 3 aliphatic rings. The summed E-state index contributed by atoms with van der Waals surface area (Å²) in [6.07, 6.45) is 8.02. The van der Waals surface area contributed by atoms with Crippen molar-refractivity contribution >= 4 is 44.8 Å². The first-order chi connectivity index (χ1) is 28.0. The lowest BCUT2D eigenvalue weighted by Crippen LogP contribution is -2.30. The molecule has 0 spiro atoms. The van der Waals surface area contributed by atoms with E-state index in [4.69, 9.17) is 0 Å². The van der Waals surface area contributed by atoms with Crippen LogP contribution in [-0.2, 0) is 5.41 Å². The molecule has 0 fully saturated rings. The van der Waals surface area contributed by atoms with Crippen LogP contribution in [0.4, 0.5) is 28.4 Å². The Hall–Kier alpha value is -6.90. The molecule has 8 aromatic carbocycles. The molecule has 0 saturated carbocycles. The van der Waals surface area contributed by atoms with Crippen LogP contribution in [0.5, 0.6) is 0 Å². The number of rotatable bonds is 6. The van der Waals surface area contributed by atoms with Gasteiger partial charge in [0, 0.05) is 33.4 Å². The van der Waals surface area contributed by atoms with Gasteiger partial charge in [0.05, 0.1) is 17.4 Å². The van der Waals surface area contributed by atoms with E-state index in [-0.39, 0.29) is 11.5 Å². The molecule has 1 atom stereocenters. The minimum absolute atomic E-state index is 0.0779. The molecule has 272 valence electrons. The summed E-state index contributed by atoms with van der Waals surface area (Å²) in [7, 11) is 0. The van der Waals surface area contributed by atoms with E-state index in [2.05, 4.69) is 224 Å². The maximum atomic E-state index is 2.55. The molecule has 2 heteroatoms. The first-order valence-corrected chi connectivity index (χ1v) is 20.1. The number of anilines is 5. The molecule has 57 heavy (non-hydrogen) atoms. The predicted molar refractivity (Wildman–Crippen MR) is 241 cm³/mol. The van der Waals surface area contributed by atoms with Gasteiger partial charge in [0.15, 0.2) is 0 Å². The fourth-order valence-electron chi connectivity index (χ4n) is 9.75. The SMILES string of the molecule is CC1(C)c2ccccc2-c2ccc(N(c3ccc(-c4ccc5c6c(cccc46)N(c4ccccc4)c4ccccc4-5)cc3)C3C=CC(c4ccccc4)=CC3)cc21. The van der Waals surface area contributed by atoms with Gasteiger partial charge in [-0.3, -0.25) is 0 Å². The molecular weight excluding hydrogens is 689 g/mol. The van der Waals surface area contributed by atoms with Crippen molar-refractivity contribution in [3.63, 3.8) is 0 Å². The minimum Gasteiger partial charge on any atom is -0.334 e. The highest BCUT2D eigenvalue weighted by molar-refractivity contribution is 6.17. The van der Waals surface area contributed by atoms with Crippen LogP contribution in [-0.4, -0.2) is 6.04 Å². The Morgan fingerprint density at radius 2 is 1.16 bits per heavy atom. The molecular formula is C55H42N2. The Kier molecular flexibility index (Phi) is 7.69. The van der Waals surface area contributed by atoms with Gasteiger partial charge in [-0.05, 0) is 110 Å². The van der Waals surface area contributed by atoms with Crippen molar-refractivity contribution in [1.82, 2.24) is 0 Å². The molecule has 2 aliphatic carbocycles. The molecule has 1 heterocycles. The molecule has 0 amide bonds. The van der Waals surface area contributed by atoms with E-state index in [1.165, 1.54) is 94.9 Å². The third-order valence-corrected chi connectivity index (χ3v) is 12.5. The molecule has 8 aromatic rings. The summed E-state index contributed by atoms with van der Waals surface area (Å²) in [6, 6.07) is 67.2. The number of hydrogen-bond donors (Lipinski definition) is 0. The molecule has 11 rings (SSSR count). The van der Waals surface area contributed by atoms with Crippen molar-refractivity contribution in [2.75, 3.05) is 9.80 Å². The molecule has 2 nitrogen and oxygen atoms in total. The summed E-state index contributed by atoms with van der Waals surface area (Å²) < 4.78 is 0. The highest BCUT2D eigenvalue weighted by Crippen LogP contribution is 2.53. The van der Waals surface area contributed by atoms with E-state index in [1.54, 1.807) is 0 Å². The Labute approximate surface area is 335 Å². The Bertz CT molecular complexity index is 2900.